The van der Waals surface area contributed by atoms with Crippen LogP contribution in [0, 0.1) is 11.3 Å². The number of benzene rings is 8. The molecule has 3 heterocycles. The number of hydrogen-bond donors (Lipinski definition) is 0. The molecule has 0 N–H and O–H groups in total. The average Bonchev–Trinajstić information content (AvgIpc) is 4.01. The average molecular weight is 730 g/mol. The zero-order chi connectivity index (χ0) is 37.9. The second kappa shape index (κ2) is 13.1. The normalized spacial score (nSPS) is 11.5. The molecule has 8 aromatic carbocycles. The van der Waals surface area contributed by atoms with E-state index in [2.05, 4.69) is 177 Å². The fourth-order valence-electron chi connectivity index (χ4n) is 8.48. The van der Waals surface area contributed by atoms with Gasteiger partial charge < -0.3 is 13.6 Å². The minimum atomic E-state index is 0.403. The third-order valence-corrected chi connectivity index (χ3v) is 10.9. The van der Waals surface area contributed by atoms with Crippen LogP contribution in [0.15, 0.2) is 192 Å². The maximum absolute atomic E-state index is 9.23. The van der Waals surface area contributed by atoms with Gasteiger partial charge in [-0.3, -0.25) is 0 Å². The van der Waals surface area contributed by atoms with Gasteiger partial charge in [0, 0.05) is 55.2 Å². The molecule has 57 heavy (non-hydrogen) atoms. The van der Waals surface area contributed by atoms with Gasteiger partial charge in [-0.2, -0.15) is 5.26 Å². The molecule has 266 valence electrons. The van der Waals surface area contributed by atoms with Crippen LogP contribution in [-0.2, 0) is 0 Å². The van der Waals surface area contributed by atoms with Gasteiger partial charge in [0.05, 0.1) is 33.7 Å². The molecule has 11 rings (SSSR count). The Morgan fingerprint density at radius 2 is 0.807 bits per heavy atom. The van der Waals surface area contributed by atoms with Crippen LogP contribution in [0.3, 0.4) is 0 Å². The molecule has 3 aromatic heterocycles. The summed E-state index contributed by atoms with van der Waals surface area (Å²) in [6.07, 6.45) is 0. The van der Waals surface area contributed by atoms with Crippen molar-refractivity contribution >= 4 is 43.6 Å². The van der Waals surface area contributed by atoms with Crippen molar-refractivity contribution in [3.05, 3.63) is 194 Å². The molecule has 0 aliphatic rings. The van der Waals surface area contributed by atoms with Gasteiger partial charge in [-0.1, -0.05) is 115 Å². The molecular formula is C51H31N5O. The van der Waals surface area contributed by atoms with Crippen molar-refractivity contribution < 1.29 is 4.42 Å². The minimum Gasteiger partial charge on any atom is -0.416 e. The van der Waals surface area contributed by atoms with Crippen LogP contribution in [0.2, 0.25) is 0 Å². The molecule has 0 radical (unpaired) electrons. The topological polar surface area (TPSA) is 72.6 Å². The van der Waals surface area contributed by atoms with Crippen molar-refractivity contribution in [2.24, 2.45) is 0 Å². The summed E-state index contributed by atoms with van der Waals surface area (Å²) < 4.78 is 11.0. The maximum atomic E-state index is 9.23. The first-order valence-corrected chi connectivity index (χ1v) is 18.9. The molecule has 0 spiro atoms. The predicted octanol–water partition coefficient (Wildman–Crippen LogP) is 12.8. The lowest BCUT2D eigenvalue weighted by molar-refractivity contribution is 0.584. The first-order valence-electron chi connectivity index (χ1n) is 18.9. The zero-order valence-corrected chi connectivity index (χ0v) is 30.5. The molecule has 0 atom stereocenters. The van der Waals surface area contributed by atoms with E-state index in [1.807, 2.05) is 24.3 Å². The lowest BCUT2D eigenvalue weighted by Gasteiger charge is -2.18. The molecule has 6 heteroatoms. The molecule has 0 unspecified atom stereocenters. The predicted molar refractivity (Wildman–Crippen MR) is 229 cm³/mol. The second-order valence-electron chi connectivity index (χ2n) is 14.1. The van der Waals surface area contributed by atoms with Crippen molar-refractivity contribution in [1.29, 1.82) is 5.26 Å². The van der Waals surface area contributed by atoms with Gasteiger partial charge >= 0.3 is 0 Å². The summed E-state index contributed by atoms with van der Waals surface area (Å²) in [6.45, 7) is 0. The standard InChI is InChI=1S/C51H31N5O/c52-32-33-24-26-36(27-25-33)50-53-54-51(57-50)37-28-30-39(31-29-37)56-43-23-13-11-21-41(43)47-44(34-14-4-1-5-15-34)48-46(45(49(47)56)35-16-6-2-7-17-35)40-20-10-12-22-42(40)55(48)38-18-8-3-9-19-38/h1-31H. The number of fused-ring (bicyclic) bond motifs is 6. The fourth-order valence-corrected chi connectivity index (χ4v) is 8.48. The van der Waals surface area contributed by atoms with Crippen LogP contribution < -0.4 is 0 Å². The van der Waals surface area contributed by atoms with E-state index in [0.29, 0.717) is 17.3 Å². The Morgan fingerprint density at radius 1 is 0.404 bits per heavy atom. The smallest absolute Gasteiger partial charge is 0.248 e. The van der Waals surface area contributed by atoms with E-state index in [1.54, 1.807) is 12.1 Å². The Balaban J connectivity index is 1.25. The molecule has 0 fully saturated rings. The van der Waals surface area contributed by atoms with Gasteiger partial charge in [0.1, 0.15) is 0 Å². The zero-order valence-electron chi connectivity index (χ0n) is 30.5. The third kappa shape index (κ3) is 5.11. The minimum absolute atomic E-state index is 0.403. The van der Waals surface area contributed by atoms with Crippen LogP contribution in [0.1, 0.15) is 5.56 Å². The van der Waals surface area contributed by atoms with Crippen LogP contribution >= 0.6 is 0 Å². The molecule has 0 aliphatic heterocycles. The molecule has 6 nitrogen and oxygen atoms in total. The molecule has 11 aromatic rings. The summed E-state index contributed by atoms with van der Waals surface area (Å²) in [5.74, 6) is 0.829. The second-order valence-corrected chi connectivity index (χ2v) is 14.1. The van der Waals surface area contributed by atoms with E-state index in [4.69, 9.17) is 4.42 Å². The summed E-state index contributed by atoms with van der Waals surface area (Å²) >= 11 is 0. The largest absolute Gasteiger partial charge is 0.416 e. The van der Waals surface area contributed by atoms with Crippen LogP contribution in [0.5, 0.6) is 0 Å². The van der Waals surface area contributed by atoms with Crippen molar-refractivity contribution in [3.8, 4) is 62.6 Å². The molecular weight excluding hydrogens is 699 g/mol. The summed E-state index contributed by atoms with van der Waals surface area (Å²) in [6, 6.07) is 67.6. The van der Waals surface area contributed by atoms with Gasteiger partial charge in [-0.25, -0.2) is 0 Å². The van der Waals surface area contributed by atoms with Gasteiger partial charge in [0.2, 0.25) is 11.8 Å². The Labute approximate surface area is 327 Å². The maximum Gasteiger partial charge on any atom is 0.248 e. The van der Waals surface area contributed by atoms with E-state index >= 15 is 0 Å². The molecule has 0 bridgehead atoms. The van der Waals surface area contributed by atoms with Crippen molar-refractivity contribution in [1.82, 2.24) is 19.3 Å². The highest BCUT2D eigenvalue weighted by atomic mass is 16.4. The van der Waals surface area contributed by atoms with E-state index in [-0.39, 0.29) is 0 Å². The van der Waals surface area contributed by atoms with Crippen LogP contribution in [0.25, 0.3) is 100 Å². The quantitative estimate of drug-likeness (QED) is 0.171. The van der Waals surface area contributed by atoms with Gasteiger partial charge in [0.15, 0.2) is 0 Å². The highest BCUT2D eigenvalue weighted by Crippen LogP contribution is 2.51. The van der Waals surface area contributed by atoms with Gasteiger partial charge in [-0.15, -0.1) is 10.2 Å². The SMILES string of the molecule is N#Cc1ccc(-c2nnc(-c3ccc(-n4c5ccccc5c5c(-c6ccccc6)c6c(c(-c7ccccc7)c54)c4ccccc4n6-c4ccccc4)cc3)o2)cc1. The third-order valence-electron chi connectivity index (χ3n) is 10.9. The fraction of sp³-hybridized carbons (Fsp3) is 0. The first kappa shape index (κ1) is 32.4. The highest BCUT2D eigenvalue weighted by Gasteiger charge is 2.28. The van der Waals surface area contributed by atoms with E-state index < -0.39 is 0 Å². The first-order chi connectivity index (χ1) is 28.3. The molecule has 0 aliphatic carbocycles. The van der Waals surface area contributed by atoms with Gasteiger partial charge in [-0.05, 0) is 83.9 Å². The number of hydrogen-bond acceptors (Lipinski definition) is 4. The van der Waals surface area contributed by atoms with Crippen molar-refractivity contribution in [3.63, 3.8) is 0 Å². The Morgan fingerprint density at radius 3 is 1.28 bits per heavy atom. The summed E-state index contributed by atoms with van der Waals surface area (Å²) in [7, 11) is 0. The number of rotatable bonds is 6. The van der Waals surface area contributed by atoms with Crippen LogP contribution in [0.4, 0.5) is 0 Å². The Hall–Kier alpha value is -8.01. The summed E-state index contributed by atoms with van der Waals surface area (Å²) in [5.41, 5.74) is 13.5. The monoisotopic (exact) mass is 729 g/mol. The van der Waals surface area contributed by atoms with E-state index in [1.165, 1.54) is 38.2 Å². The number of aromatic nitrogens is 4. The number of nitrogens with zero attached hydrogens (tertiary/aromatic N) is 5. The number of para-hydroxylation sites is 3. The molecule has 0 saturated carbocycles. The Kier molecular flexibility index (Phi) is 7.44. The van der Waals surface area contributed by atoms with Gasteiger partial charge in [0.25, 0.3) is 0 Å². The summed E-state index contributed by atoms with van der Waals surface area (Å²) in [5, 5.41) is 22.7. The lowest BCUT2D eigenvalue weighted by atomic mass is 9.90. The van der Waals surface area contributed by atoms with E-state index in [9.17, 15) is 5.26 Å². The molecule has 0 saturated heterocycles. The highest BCUT2D eigenvalue weighted by molar-refractivity contribution is 6.33. The van der Waals surface area contributed by atoms with Crippen LogP contribution in [-0.4, -0.2) is 19.3 Å². The lowest BCUT2D eigenvalue weighted by Crippen LogP contribution is -1.99. The summed E-state index contributed by atoms with van der Waals surface area (Å²) in [4.78, 5) is 0. The van der Waals surface area contributed by atoms with Crippen molar-refractivity contribution in [2.45, 2.75) is 0 Å². The Bertz CT molecular complexity index is 3320. The van der Waals surface area contributed by atoms with Crippen molar-refractivity contribution in [2.75, 3.05) is 0 Å². The number of nitriles is 1. The molecule has 0 amide bonds. The van der Waals surface area contributed by atoms with E-state index in [0.717, 1.165) is 50.2 Å².